The number of carbonyl (C=O) groups is 1. The zero-order valence-corrected chi connectivity index (χ0v) is 11.3. The molecule has 1 N–H and O–H groups in total. The fourth-order valence-electron chi connectivity index (χ4n) is 2.17. The van der Waals surface area contributed by atoms with Crippen molar-refractivity contribution in [1.82, 2.24) is 4.90 Å². The van der Waals surface area contributed by atoms with Crippen LogP contribution in [0.4, 0.5) is 4.39 Å². The predicted octanol–water partition coefficient (Wildman–Crippen LogP) is 1.62. The minimum Gasteiger partial charge on any atom is -0.487 e. The van der Waals surface area contributed by atoms with Gasteiger partial charge in [0.25, 0.3) is 0 Å². The number of ether oxygens (including phenoxy) is 2. The van der Waals surface area contributed by atoms with Crippen LogP contribution in [0.1, 0.15) is 17.3 Å². The highest BCUT2D eigenvalue weighted by Crippen LogP contribution is 2.23. The van der Waals surface area contributed by atoms with Crippen LogP contribution in [0.25, 0.3) is 0 Å². The van der Waals surface area contributed by atoms with E-state index in [1.165, 1.54) is 18.2 Å². The van der Waals surface area contributed by atoms with Crippen molar-refractivity contribution in [2.75, 3.05) is 32.8 Å². The summed E-state index contributed by atoms with van der Waals surface area (Å²) in [5.41, 5.74) is -0.173. The molecule has 1 aliphatic rings. The lowest BCUT2D eigenvalue weighted by Crippen LogP contribution is -2.44. The van der Waals surface area contributed by atoms with Crippen molar-refractivity contribution >= 4 is 5.97 Å². The summed E-state index contributed by atoms with van der Waals surface area (Å²) >= 11 is 0. The normalized spacial score (nSPS) is 19.8. The molecule has 0 saturated carbocycles. The highest BCUT2D eigenvalue weighted by atomic mass is 19.1. The van der Waals surface area contributed by atoms with Gasteiger partial charge in [0.1, 0.15) is 18.3 Å². The monoisotopic (exact) mass is 283 g/mol. The smallest absolute Gasteiger partial charge is 0.339 e. The second-order valence-electron chi connectivity index (χ2n) is 4.62. The first-order valence-corrected chi connectivity index (χ1v) is 6.60. The second-order valence-corrected chi connectivity index (χ2v) is 4.62. The summed E-state index contributed by atoms with van der Waals surface area (Å²) < 4.78 is 24.6. The number of aromatic carboxylic acids is 1. The number of carboxylic acids is 1. The molecule has 0 aliphatic carbocycles. The molecule has 1 atom stereocenters. The van der Waals surface area contributed by atoms with Gasteiger partial charge in [-0.05, 0) is 18.7 Å². The fraction of sp³-hybridized carbons (Fsp3) is 0.500. The number of carboxylic acid groups (broad SMARTS) is 1. The van der Waals surface area contributed by atoms with E-state index in [0.29, 0.717) is 13.2 Å². The topological polar surface area (TPSA) is 59.0 Å². The van der Waals surface area contributed by atoms with Crippen LogP contribution in [0.15, 0.2) is 18.2 Å². The molecule has 110 valence electrons. The number of likely N-dealkylation sites (N-methyl/N-ethyl adjacent to an activating group) is 1. The molecule has 0 aromatic heterocycles. The Labute approximate surface area is 116 Å². The molecule has 6 heteroatoms. The molecule has 1 aromatic carbocycles. The Kier molecular flexibility index (Phi) is 4.92. The molecule has 0 amide bonds. The van der Waals surface area contributed by atoms with Crippen LogP contribution in [-0.4, -0.2) is 54.9 Å². The van der Waals surface area contributed by atoms with Crippen LogP contribution in [0.2, 0.25) is 0 Å². The van der Waals surface area contributed by atoms with E-state index in [2.05, 4.69) is 11.8 Å². The van der Waals surface area contributed by atoms with Gasteiger partial charge in [0.05, 0.1) is 6.61 Å². The van der Waals surface area contributed by atoms with Crippen LogP contribution >= 0.6 is 0 Å². The lowest BCUT2D eigenvalue weighted by atomic mass is 10.2. The summed E-state index contributed by atoms with van der Waals surface area (Å²) in [6.45, 7) is 5.28. The molecule has 1 aromatic rings. The SMILES string of the molecule is CCN1CCOC(COc2c(F)cccc2C(=O)O)C1. The van der Waals surface area contributed by atoms with E-state index >= 15 is 0 Å². The summed E-state index contributed by atoms with van der Waals surface area (Å²) in [5.74, 6) is -2.11. The molecule has 1 aliphatic heterocycles. The van der Waals surface area contributed by atoms with Crippen LogP contribution in [-0.2, 0) is 4.74 Å². The standard InChI is InChI=1S/C14H18FNO4/c1-2-16-6-7-19-10(8-16)9-20-13-11(14(17)18)4-3-5-12(13)15/h3-5,10H,2,6-9H2,1H3,(H,17,18). The van der Waals surface area contributed by atoms with Crippen molar-refractivity contribution < 1.29 is 23.8 Å². The molecule has 0 spiro atoms. The third-order valence-corrected chi connectivity index (χ3v) is 3.28. The average molecular weight is 283 g/mol. The Morgan fingerprint density at radius 1 is 1.60 bits per heavy atom. The van der Waals surface area contributed by atoms with Gasteiger partial charge in [-0.25, -0.2) is 9.18 Å². The number of rotatable bonds is 5. The zero-order valence-electron chi connectivity index (χ0n) is 11.3. The van der Waals surface area contributed by atoms with E-state index in [1.54, 1.807) is 0 Å². The lowest BCUT2D eigenvalue weighted by Gasteiger charge is -2.31. The molecular weight excluding hydrogens is 265 g/mol. The van der Waals surface area contributed by atoms with Crippen molar-refractivity contribution in [1.29, 1.82) is 0 Å². The number of morpholine rings is 1. The minimum atomic E-state index is -1.21. The lowest BCUT2D eigenvalue weighted by molar-refractivity contribution is -0.0470. The third kappa shape index (κ3) is 3.46. The van der Waals surface area contributed by atoms with Gasteiger partial charge in [-0.15, -0.1) is 0 Å². The predicted molar refractivity (Wildman–Crippen MR) is 70.7 cm³/mol. The summed E-state index contributed by atoms with van der Waals surface area (Å²) in [6.07, 6.45) is -0.176. The van der Waals surface area contributed by atoms with Crippen LogP contribution in [0.3, 0.4) is 0 Å². The Bertz CT molecular complexity index is 480. The van der Waals surface area contributed by atoms with Crippen LogP contribution < -0.4 is 4.74 Å². The maximum Gasteiger partial charge on any atom is 0.339 e. The van der Waals surface area contributed by atoms with E-state index in [4.69, 9.17) is 14.6 Å². The van der Waals surface area contributed by atoms with Gasteiger partial charge in [0, 0.05) is 13.1 Å². The molecular formula is C14H18FNO4. The minimum absolute atomic E-state index is 0.137. The summed E-state index contributed by atoms with van der Waals surface area (Å²) in [5, 5.41) is 9.02. The second kappa shape index (κ2) is 6.67. The first-order chi connectivity index (χ1) is 9.61. The van der Waals surface area contributed by atoms with Gasteiger partial charge in [-0.3, -0.25) is 4.90 Å². The first-order valence-electron chi connectivity index (χ1n) is 6.60. The third-order valence-electron chi connectivity index (χ3n) is 3.28. The highest BCUT2D eigenvalue weighted by Gasteiger charge is 2.22. The molecule has 5 nitrogen and oxygen atoms in total. The Balaban J connectivity index is 2.02. The van der Waals surface area contributed by atoms with Crippen molar-refractivity contribution in [3.63, 3.8) is 0 Å². The molecule has 2 rings (SSSR count). The molecule has 0 bridgehead atoms. The molecule has 1 saturated heterocycles. The molecule has 1 unspecified atom stereocenters. The number of para-hydroxylation sites is 1. The van der Waals surface area contributed by atoms with Gasteiger partial charge < -0.3 is 14.6 Å². The Hall–Kier alpha value is -1.66. The number of halogens is 1. The highest BCUT2D eigenvalue weighted by molar-refractivity contribution is 5.90. The fourth-order valence-corrected chi connectivity index (χ4v) is 2.17. The van der Waals surface area contributed by atoms with E-state index < -0.39 is 11.8 Å². The van der Waals surface area contributed by atoms with Gasteiger partial charge in [-0.2, -0.15) is 0 Å². The number of benzene rings is 1. The van der Waals surface area contributed by atoms with E-state index in [1.807, 2.05) is 0 Å². The molecule has 1 heterocycles. The van der Waals surface area contributed by atoms with Crippen molar-refractivity contribution in [2.24, 2.45) is 0 Å². The average Bonchev–Trinajstić information content (AvgIpc) is 2.45. The largest absolute Gasteiger partial charge is 0.487 e. The van der Waals surface area contributed by atoms with Crippen LogP contribution in [0, 0.1) is 5.82 Å². The van der Waals surface area contributed by atoms with Crippen molar-refractivity contribution in [2.45, 2.75) is 13.0 Å². The summed E-state index contributed by atoms with van der Waals surface area (Å²) in [7, 11) is 0. The van der Waals surface area contributed by atoms with E-state index in [9.17, 15) is 9.18 Å². The van der Waals surface area contributed by atoms with Gasteiger partial charge >= 0.3 is 5.97 Å². The van der Waals surface area contributed by atoms with Crippen molar-refractivity contribution in [3.05, 3.63) is 29.6 Å². The van der Waals surface area contributed by atoms with Crippen LogP contribution in [0.5, 0.6) is 5.75 Å². The van der Waals surface area contributed by atoms with E-state index in [-0.39, 0.29) is 24.0 Å². The van der Waals surface area contributed by atoms with Gasteiger partial charge in [-0.1, -0.05) is 13.0 Å². The molecule has 0 radical (unpaired) electrons. The first kappa shape index (κ1) is 14.7. The Morgan fingerprint density at radius 2 is 2.40 bits per heavy atom. The van der Waals surface area contributed by atoms with E-state index in [0.717, 1.165) is 13.1 Å². The molecule has 1 fully saturated rings. The maximum absolute atomic E-state index is 13.7. The molecule has 20 heavy (non-hydrogen) atoms. The van der Waals surface area contributed by atoms with Gasteiger partial charge in [0.2, 0.25) is 0 Å². The number of hydrogen-bond donors (Lipinski definition) is 1. The number of hydrogen-bond acceptors (Lipinski definition) is 4. The van der Waals surface area contributed by atoms with Gasteiger partial charge in [0.15, 0.2) is 11.6 Å². The zero-order chi connectivity index (χ0) is 14.5. The summed E-state index contributed by atoms with van der Waals surface area (Å²) in [6, 6.07) is 3.85. The van der Waals surface area contributed by atoms with Crippen molar-refractivity contribution in [3.8, 4) is 5.75 Å². The quantitative estimate of drug-likeness (QED) is 0.890. The summed E-state index contributed by atoms with van der Waals surface area (Å²) in [4.78, 5) is 13.2. The number of nitrogens with zero attached hydrogens (tertiary/aromatic N) is 1. The maximum atomic E-state index is 13.7. The Morgan fingerprint density at radius 3 is 3.10 bits per heavy atom.